The van der Waals surface area contributed by atoms with Gasteiger partial charge in [0.25, 0.3) is 0 Å². The first-order chi connectivity index (χ1) is 14.7. The molecule has 0 aliphatic carbocycles. The second-order valence-electron chi connectivity index (χ2n) is 8.14. The monoisotopic (exact) mass is 463 g/mol. The molecule has 2 aromatic carbocycles. The highest BCUT2D eigenvalue weighted by Gasteiger charge is 2.21. The maximum atomic E-state index is 12.5. The van der Waals surface area contributed by atoms with Crippen LogP contribution in [-0.2, 0) is 27.9 Å². The van der Waals surface area contributed by atoms with Gasteiger partial charge in [0.05, 0.1) is 11.9 Å². The third kappa shape index (κ3) is 6.95. The molecule has 6 nitrogen and oxygen atoms in total. The Hall–Kier alpha value is -2.09. The lowest BCUT2D eigenvalue weighted by molar-refractivity contribution is -0.119. The van der Waals surface area contributed by atoms with E-state index in [0.717, 1.165) is 41.3 Å². The molecule has 1 amide bonds. The van der Waals surface area contributed by atoms with Crippen molar-refractivity contribution in [2.24, 2.45) is 0 Å². The van der Waals surface area contributed by atoms with Gasteiger partial charge >= 0.3 is 0 Å². The summed E-state index contributed by atoms with van der Waals surface area (Å²) in [5.41, 5.74) is 3.43. The van der Waals surface area contributed by atoms with Gasteiger partial charge < -0.3 is 5.32 Å². The number of halogens is 1. The lowest BCUT2D eigenvalue weighted by atomic mass is 10.1. The number of nitrogens with one attached hydrogen (secondary N) is 1. The molecule has 1 fully saturated rings. The smallest absolute Gasteiger partial charge is 0.241 e. The predicted octanol–water partition coefficient (Wildman–Crippen LogP) is 3.72. The van der Waals surface area contributed by atoms with Gasteiger partial charge in [0, 0.05) is 18.1 Å². The minimum absolute atomic E-state index is 0.300. The van der Waals surface area contributed by atoms with Crippen LogP contribution in [0.2, 0.25) is 5.02 Å². The summed E-state index contributed by atoms with van der Waals surface area (Å²) in [6, 6.07) is 13.1. The second kappa shape index (κ2) is 10.5. The summed E-state index contributed by atoms with van der Waals surface area (Å²) in [6.45, 7) is 5.06. The zero-order valence-electron chi connectivity index (χ0n) is 18.1. The number of hydrogen-bond acceptors (Lipinski definition) is 4. The molecule has 0 unspecified atom stereocenters. The van der Waals surface area contributed by atoms with Crippen molar-refractivity contribution in [3.63, 3.8) is 0 Å². The normalized spacial score (nSPS) is 14.9. The van der Waals surface area contributed by atoms with E-state index in [1.165, 1.54) is 24.8 Å². The molecule has 1 aliphatic rings. The highest BCUT2D eigenvalue weighted by atomic mass is 35.5. The van der Waals surface area contributed by atoms with Crippen LogP contribution >= 0.6 is 11.6 Å². The van der Waals surface area contributed by atoms with E-state index in [0.29, 0.717) is 17.3 Å². The summed E-state index contributed by atoms with van der Waals surface area (Å²) in [4.78, 5) is 15.0. The minimum Gasteiger partial charge on any atom is -0.350 e. The number of amides is 1. The molecule has 3 rings (SSSR count). The lowest BCUT2D eigenvalue weighted by Gasteiger charge is -2.26. The van der Waals surface area contributed by atoms with Crippen molar-refractivity contribution >= 4 is 33.2 Å². The SMILES string of the molecule is Cc1ccc(N(CC(=O)NCc2cccc(CN3CCCCC3)c2)S(C)(=O)=O)cc1Cl. The molecule has 0 aromatic heterocycles. The third-order valence-electron chi connectivity index (χ3n) is 5.47. The molecular formula is C23H30ClN3O3S. The molecule has 2 aromatic rings. The van der Waals surface area contributed by atoms with E-state index in [2.05, 4.69) is 22.3 Å². The quantitative estimate of drug-likeness (QED) is 0.647. The van der Waals surface area contributed by atoms with Crippen LogP contribution in [0.5, 0.6) is 0 Å². The topological polar surface area (TPSA) is 69.7 Å². The predicted molar refractivity (Wildman–Crippen MR) is 126 cm³/mol. The number of sulfonamides is 1. The Labute approximate surface area is 190 Å². The molecule has 8 heteroatoms. The van der Waals surface area contributed by atoms with Gasteiger partial charge in [-0.25, -0.2) is 8.42 Å². The first kappa shape index (κ1) is 23.6. The number of aryl methyl sites for hydroxylation is 1. The van der Waals surface area contributed by atoms with E-state index >= 15 is 0 Å². The summed E-state index contributed by atoms with van der Waals surface area (Å²) in [6.07, 6.45) is 4.89. The van der Waals surface area contributed by atoms with Gasteiger partial charge in [0.1, 0.15) is 6.54 Å². The van der Waals surface area contributed by atoms with Gasteiger partial charge in [-0.3, -0.25) is 14.0 Å². The molecule has 0 atom stereocenters. The molecule has 0 bridgehead atoms. The number of rotatable bonds is 8. The van der Waals surface area contributed by atoms with Crippen LogP contribution in [0.15, 0.2) is 42.5 Å². The van der Waals surface area contributed by atoms with E-state index in [-0.39, 0.29) is 12.5 Å². The number of hydrogen-bond donors (Lipinski definition) is 1. The molecule has 0 spiro atoms. The van der Waals surface area contributed by atoms with Gasteiger partial charge in [-0.2, -0.15) is 0 Å². The molecule has 1 aliphatic heterocycles. The lowest BCUT2D eigenvalue weighted by Crippen LogP contribution is -2.40. The van der Waals surface area contributed by atoms with Crippen LogP contribution in [0, 0.1) is 6.92 Å². The Morgan fingerprint density at radius 2 is 1.81 bits per heavy atom. The van der Waals surface area contributed by atoms with Crippen molar-refractivity contribution in [1.29, 1.82) is 0 Å². The number of carbonyl (C=O) groups is 1. The Bertz CT molecular complexity index is 1020. The molecule has 168 valence electrons. The molecule has 1 saturated heterocycles. The van der Waals surface area contributed by atoms with E-state index in [9.17, 15) is 13.2 Å². The standard InChI is InChI=1S/C23H30ClN3O3S/c1-18-9-10-21(14-22(18)24)27(31(2,29)30)17-23(28)25-15-19-7-6-8-20(13-19)16-26-11-4-3-5-12-26/h6-10,13-14H,3-5,11-12,15-17H2,1-2H3,(H,25,28). The summed E-state index contributed by atoms with van der Waals surface area (Å²) >= 11 is 6.14. The van der Waals surface area contributed by atoms with E-state index in [1.807, 2.05) is 19.1 Å². The van der Waals surface area contributed by atoms with Crippen molar-refractivity contribution in [2.75, 3.05) is 30.2 Å². The van der Waals surface area contributed by atoms with Gasteiger partial charge in [0.15, 0.2) is 0 Å². The number of carbonyl (C=O) groups excluding carboxylic acids is 1. The zero-order chi connectivity index (χ0) is 22.4. The van der Waals surface area contributed by atoms with Crippen molar-refractivity contribution in [1.82, 2.24) is 10.2 Å². The van der Waals surface area contributed by atoms with E-state index < -0.39 is 10.0 Å². The largest absolute Gasteiger partial charge is 0.350 e. The first-order valence-electron chi connectivity index (χ1n) is 10.5. The van der Waals surface area contributed by atoms with Crippen LogP contribution in [0.25, 0.3) is 0 Å². The third-order valence-corrected chi connectivity index (χ3v) is 7.01. The molecule has 1 N–H and O–H groups in total. The van der Waals surface area contributed by atoms with Crippen molar-refractivity contribution < 1.29 is 13.2 Å². The number of nitrogens with zero attached hydrogens (tertiary/aromatic N) is 2. The Balaban J connectivity index is 1.61. The van der Waals surface area contributed by atoms with Crippen LogP contribution in [-0.4, -0.2) is 45.1 Å². The molecule has 1 heterocycles. The van der Waals surface area contributed by atoms with Crippen molar-refractivity contribution in [3.05, 3.63) is 64.2 Å². The molecule has 0 radical (unpaired) electrons. The fourth-order valence-corrected chi connectivity index (χ4v) is 4.76. The summed E-state index contributed by atoms with van der Waals surface area (Å²) in [5, 5.41) is 3.29. The highest BCUT2D eigenvalue weighted by Crippen LogP contribution is 2.24. The Kier molecular flexibility index (Phi) is 7.97. The average Bonchev–Trinajstić information content (AvgIpc) is 2.73. The van der Waals surface area contributed by atoms with E-state index in [1.54, 1.807) is 18.2 Å². The number of likely N-dealkylation sites (tertiary alicyclic amines) is 1. The van der Waals surface area contributed by atoms with Crippen molar-refractivity contribution in [3.8, 4) is 0 Å². The zero-order valence-corrected chi connectivity index (χ0v) is 19.7. The van der Waals surface area contributed by atoms with Crippen LogP contribution in [0.1, 0.15) is 36.0 Å². The molecule has 0 saturated carbocycles. The summed E-state index contributed by atoms with van der Waals surface area (Å²) < 4.78 is 25.6. The number of piperidine rings is 1. The first-order valence-corrected chi connectivity index (χ1v) is 12.8. The maximum absolute atomic E-state index is 12.5. The van der Waals surface area contributed by atoms with Crippen LogP contribution in [0.3, 0.4) is 0 Å². The van der Waals surface area contributed by atoms with Gasteiger partial charge in [-0.05, 0) is 61.7 Å². The highest BCUT2D eigenvalue weighted by molar-refractivity contribution is 7.92. The fraction of sp³-hybridized carbons (Fsp3) is 0.435. The number of benzene rings is 2. The van der Waals surface area contributed by atoms with Crippen LogP contribution in [0.4, 0.5) is 5.69 Å². The second-order valence-corrected chi connectivity index (χ2v) is 10.5. The summed E-state index contributed by atoms with van der Waals surface area (Å²) in [5.74, 6) is -0.372. The Morgan fingerprint density at radius 1 is 1.10 bits per heavy atom. The summed E-state index contributed by atoms with van der Waals surface area (Å²) in [7, 11) is -3.64. The molecular weight excluding hydrogens is 434 g/mol. The number of anilines is 1. The molecule has 31 heavy (non-hydrogen) atoms. The van der Waals surface area contributed by atoms with Gasteiger partial charge in [-0.15, -0.1) is 0 Å². The fourth-order valence-electron chi connectivity index (χ4n) is 3.74. The van der Waals surface area contributed by atoms with E-state index in [4.69, 9.17) is 11.6 Å². The Morgan fingerprint density at radius 3 is 2.48 bits per heavy atom. The minimum atomic E-state index is -3.64. The maximum Gasteiger partial charge on any atom is 0.241 e. The van der Waals surface area contributed by atoms with Gasteiger partial charge in [0.2, 0.25) is 15.9 Å². The van der Waals surface area contributed by atoms with Gasteiger partial charge in [-0.1, -0.05) is 48.4 Å². The average molecular weight is 464 g/mol. The van der Waals surface area contributed by atoms with Crippen LogP contribution < -0.4 is 9.62 Å². The van der Waals surface area contributed by atoms with Crippen molar-refractivity contribution in [2.45, 2.75) is 39.3 Å².